The maximum atomic E-state index is 14.1. The highest BCUT2D eigenvalue weighted by Crippen LogP contribution is 2.46. The molecule has 164 valence electrons. The fraction of sp³-hybridized carbons (Fsp3) is 0.760. The topological polar surface area (TPSA) is 59.3 Å². The molecule has 0 aromatic carbocycles. The van der Waals surface area contributed by atoms with Gasteiger partial charge in [-0.15, -0.1) is 0 Å². The highest BCUT2D eigenvalue weighted by Gasteiger charge is 2.53. The lowest BCUT2D eigenvalue weighted by Crippen LogP contribution is -2.55. The van der Waals surface area contributed by atoms with Gasteiger partial charge in [0.1, 0.15) is 0 Å². The molecule has 5 rings (SSSR count). The molecule has 4 aliphatic rings. The number of piperidine rings is 1. The zero-order chi connectivity index (χ0) is 20.7. The summed E-state index contributed by atoms with van der Waals surface area (Å²) in [7, 11) is 0. The third kappa shape index (κ3) is 3.34. The van der Waals surface area contributed by atoms with Gasteiger partial charge in [-0.2, -0.15) is 4.73 Å². The van der Waals surface area contributed by atoms with E-state index in [4.69, 9.17) is 0 Å². The monoisotopic (exact) mass is 411 g/mol. The zero-order valence-electron chi connectivity index (χ0n) is 18.4. The van der Waals surface area contributed by atoms with Crippen molar-refractivity contribution in [1.29, 1.82) is 0 Å². The van der Waals surface area contributed by atoms with Crippen LogP contribution in [0.5, 0.6) is 0 Å². The zero-order valence-corrected chi connectivity index (χ0v) is 18.4. The molecule has 1 N–H and O–H groups in total. The second-order valence-corrected chi connectivity index (χ2v) is 10.5. The first kappa shape index (κ1) is 20.3. The van der Waals surface area contributed by atoms with Crippen LogP contribution in [0.2, 0.25) is 0 Å². The number of hydrogen-bond donors (Lipinski definition) is 1. The van der Waals surface area contributed by atoms with E-state index in [2.05, 4.69) is 23.2 Å². The lowest BCUT2D eigenvalue weighted by atomic mass is 9.64. The van der Waals surface area contributed by atoms with Crippen LogP contribution < -0.4 is 10.0 Å². The molecule has 5 heteroatoms. The molecule has 5 nitrogen and oxygen atoms in total. The largest absolute Gasteiger partial charge is 0.618 e. The Bertz CT molecular complexity index is 791. The first-order valence-electron chi connectivity index (χ1n) is 12.3. The van der Waals surface area contributed by atoms with E-state index in [-0.39, 0.29) is 11.3 Å². The average molecular weight is 412 g/mol. The van der Waals surface area contributed by atoms with Gasteiger partial charge in [0.15, 0.2) is 11.9 Å². The van der Waals surface area contributed by atoms with E-state index in [1.54, 1.807) is 6.20 Å². The number of nitrogens with zero attached hydrogens (tertiary/aromatic N) is 2. The van der Waals surface area contributed by atoms with Crippen molar-refractivity contribution >= 4 is 5.91 Å². The summed E-state index contributed by atoms with van der Waals surface area (Å²) < 4.78 is 1.05. The molecule has 1 aromatic heterocycles. The molecular formula is C25H37N3O2. The van der Waals surface area contributed by atoms with E-state index < -0.39 is 0 Å². The smallest absolute Gasteiger partial charge is 0.228 e. The predicted octanol–water partition coefficient (Wildman–Crippen LogP) is 3.32. The SMILES string of the molecule is C[C@@H]1CCN(C(=O)[C@@H]2CNC[C@]23CCCc2c3ccc[n+]2[O-])[C@H](C2CCCCC2)C1. The number of pyridine rings is 1. The van der Waals surface area contributed by atoms with E-state index in [0.717, 1.165) is 61.3 Å². The first-order chi connectivity index (χ1) is 14.6. The summed E-state index contributed by atoms with van der Waals surface area (Å²) in [5, 5.41) is 16.0. The molecule has 2 aliphatic heterocycles. The molecule has 1 amide bonds. The van der Waals surface area contributed by atoms with E-state index in [1.807, 2.05) is 6.07 Å². The van der Waals surface area contributed by atoms with Crippen LogP contribution in [-0.2, 0) is 16.6 Å². The Morgan fingerprint density at radius 1 is 1.23 bits per heavy atom. The second kappa shape index (κ2) is 8.14. The Morgan fingerprint density at radius 2 is 2.07 bits per heavy atom. The predicted molar refractivity (Wildman–Crippen MR) is 117 cm³/mol. The van der Waals surface area contributed by atoms with Crippen molar-refractivity contribution in [3.63, 3.8) is 0 Å². The van der Waals surface area contributed by atoms with E-state index >= 15 is 0 Å². The molecule has 4 atom stereocenters. The number of hydrogen-bond acceptors (Lipinski definition) is 3. The summed E-state index contributed by atoms with van der Waals surface area (Å²) in [6, 6.07) is 4.40. The molecule has 1 aromatic rings. The van der Waals surface area contributed by atoms with E-state index in [1.165, 1.54) is 38.5 Å². The number of nitrogens with one attached hydrogen (secondary N) is 1. The number of likely N-dealkylation sites (tertiary alicyclic amines) is 1. The van der Waals surface area contributed by atoms with Crippen LogP contribution in [0.25, 0.3) is 0 Å². The molecule has 2 aliphatic carbocycles. The van der Waals surface area contributed by atoms with Gasteiger partial charge in [-0.3, -0.25) is 4.79 Å². The van der Waals surface area contributed by atoms with Crippen molar-refractivity contribution in [2.24, 2.45) is 17.8 Å². The van der Waals surface area contributed by atoms with E-state index in [0.29, 0.717) is 23.8 Å². The summed E-state index contributed by atoms with van der Waals surface area (Å²) >= 11 is 0. The van der Waals surface area contributed by atoms with Crippen molar-refractivity contribution in [2.45, 2.75) is 82.6 Å². The summed E-state index contributed by atoms with van der Waals surface area (Å²) in [6.07, 6.45) is 13.3. The van der Waals surface area contributed by atoms with Gasteiger partial charge in [0.25, 0.3) is 0 Å². The summed E-state index contributed by atoms with van der Waals surface area (Å²) in [5.41, 5.74) is 1.81. The van der Waals surface area contributed by atoms with Crippen molar-refractivity contribution in [3.05, 3.63) is 34.8 Å². The Kier molecular flexibility index (Phi) is 5.51. The van der Waals surface area contributed by atoms with Gasteiger partial charge in [0, 0.05) is 49.1 Å². The van der Waals surface area contributed by atoms with Crippen LogP contribution in [0, 0.1) is 23.0 Å². The second-order valence-electron chi connectivity index (χ2n) is 10.5. The van der Waals surface area contributed by atoms with Crippen molar-refractivity contribution < 1.29 is 9.52 Å². The Hall–Kier alpha value is -1.62. The maximum absolute atomic E-state index is 14.1. The van der Waals surface area contributed by atoms with E-state index in [9.17, 15) is 10.0 Å². The fourth-order valence-corrected chi connectivity index (χ4v) is 7.18. The quantitative estimate of drug-likeness (QED) is 0.600. The highest BCUT2D eigenvalue weighted by molar-refractivity contribution is 5.82. The summed E-state index contributed by atoms with van der Waals surface area (Å²) in [4.78, 5) is 16.4. The van der Waals surface area contributed by atoms with Gasteiger partial charge in [0.2, 0.25) is 5.91 Å². The molecule has 1 spiro atoms. The van der Waals surface area contributed by atoms with Crippen molar-refractivity contribution in [3.8, 4) is 0 Å². The minimum absolute atomic E-state index is 0.0431. The van der Waals surface area contributed by atoms with Gasteiger partial charge >= 0.3 is 0 Å². The molecule has 0 radical (unpaired) electrons. The molecular weight excluding hydrogens is 374 g/mol. The average Bonchev–Trinajstić information content (AvgIpc) is 3.19. The minimum atomic E-state index is -0.210. The van der Waals surface area contributed by atoms with Gasteiger partial charge < -0.3 is 15.4 Å². The lowest BCUT2D eigenvalue weighted by Gasteiger charge is -2.47. The third-order valence-corrected chi connectivity index (χ3v) is 8.77. The number of rotatable bonds is 2. The van der Waals surface area contributed by atoms with Gasteiger partial charge in [-0.1, -0.05) is 26.2 Å². The number of fused-ring (bicyclic) bond motifs is 2. The highest BCUT2D eigenvalue weighted by atomic mass is 16.5. The molecule has 2 saturated heterocycles. The van der Waals surface area contributed by atoms with Crippen LogP contribution >= 0.6 is 0 Å². The van der Waals surface area contributed by atoms with Crippen LogP contribution in [0.4, 0.5) is 0 Å². The van der Waals surface area contributed by atoms with Gasteiger partial charge in [-0.25, -0.2) is 0 Å². The van der Waals surface area contributed by atoms with Crippen LogP contribution in [0.1, 0.15) is 76.0 Å². The third-order valence-electron chi connectivity index (χ3n) is 8.77. The van der Waals surface area contributed by atoms with Crippen LogP contribution in [0.3, 0.4) is 0 Å². The number of amides is 1. The Labute approximate surface area is 180 Å². The Morgan fingerprint density at radius 3 is 2.90 bits per heavy atom. The molecule has 0 bridgehead atoms. The molecule has 1 saturated carbocycles. The normalized spacial score (nSPS) is 34.8. The number of aromatic nitrogens is 1. The van der Waals surface area contributed by atoms with Gasteiger partial charge in [-0.05, 0) is 56.4 Å². The standard InChI is InChI=1S/C25H37N3O2/c1-18-11-14-27(23(15-18)19-7-3-2-4-8-19)24(29)21-16-26-17-25(21)12-5-10-22-20(25)9-6-13-28(22)30/h6,9,13,18-19,21,23,26H,2-5,7-8,10-12,14-17H2,1H3/t18-,21+,23+,25+/m1/s1. The lowest BCUT2D eigenvalue weighted by molar-refractivity contribution is -0.615. The first-order valence-corrected chi connectivity index (χ1v) is 12.3. The number of carbonyl (C=O) groups excluding carboxylic acids is 1. The molecule has 30 heavy (non-hydrogen) atoms. The maximum Gasteiger partial charge on any atom is 0.228 e. The number of carbonyl (C=O) groups is 1. The molecule has 3 fully saturated rings. The van der Waals surface area contributed by atoms with Crippen LogP contribution in [0.15, 0.2) is 18.3 Å². The fourth-order valence-electron chi connectivity index (χ4n) is 7.18. The summed E-state index contributed by atoms with van der Waals surface area (Å²) in [6.45, 7) is 4.84. The molecule has 3 heterocycles. The minimum Gasteiger partial charge on any atom is -0.618 e. The summed E-state index contributed by atoms with van der Waals surface area (Å²) in [5.74, 6) is 1.71. The Balaban J connectivity index is 1.46. The van der Waals surface area contributed by atoms with Crippen molar-refractivity contribution in [2.75, 3.05) is 19.6 Å². The van der Waals surface area contributed by atoms with Crippen molar-refractivity contribution in [1.82, 2.24) is 10.2 Å². The molecule has 0 unspecified atom stereocenters. The van der Waals surface area contributed by atoms with Gasteiger partial charge in [0.05, 0.1) is 5.92 Å². The van der Waals surface area contributed by atoms with Crippen LogP contribution in [-0.4, -0.2) is 36.5 Å².